The number of halogens is 3. The normalized spacial score (nSPS) is 11.0. The Bertz CT molecular complexity index is 757. The predicted molar refractivity (Wildman–Crippen MR) is 83.5 cm³/mol. The first-order valence-corrected chi connectivity index (χ1v) is 7.09. The number of para-hydroxylation sites is 1. The number of hydrogen-bond donors (Lipinski definition) is 2. The molecular weight excluding hydrogens is 321 g/mol. The third-order valence-corrected chi connectivity index (χ3v) is 3.35. The van der Waals surface area contributed by atoms with Crippen molar-refractivity contribution in [3.63, 3.8) is 0 Å². The number of benzene rings is 2. The molecule has 0 atom stereocenters. The quantitative estimate of drug-likeness (QED) is 0.899. The van der Waals surface area contributed by atoms with Gasteiger partial charge in [-0.15, -0.1) is 0 Å². The average Bonchev–Trinajstić information content (AvgIpc) is 2.53. The van der Waals surface area contributed by atoms with Crippen LogP contribution in [0.4, 0.5) is 18.9 Å². The molecule has 0 unspecified atom stereocenters. The van der Waals surface area contributed by atoms with Gasteiger partial charge in [0.25, 0.3) is 5.91 Å². The van der Waals surface area contributed by atoms with E-state index in [1.165, 1.54) is 18.2 Å². The summed E-state index contributed by atoms with van der Waals surface area (Å²) in [6.07, 6.45) is -4.97. The van der Waals surface area contributed by atoms with E-state index < -0.39 is 12.1 Å². The zero-order valence-corrected chi connectivity index (χ0v) is 12.8. The minimum absolute atomic E-state index is 0.00455. The van der Waals surface area contributed by atoms with E-state index in [-0.39, 0.29) is 18.1 Å². The number of carbonyl (C=O) groups is 2. The molecule has 2 amide bonds. The first-order valence-electron chi connectivity index (χ1n) is 7.09. The molecule has 0 saturated carbocycles. The Morgan fingerprint density at radius 1 is 1.00 bits per heavy atom. The zero-order chi connectivity index (χ0) is 17.7. The van der Waals surface area contributed by atoms with E-state index in [4.69, 9.17) is 0 Å². The van der Waals surface area contributed by atoms with Crippen molar-refractivity contribution >= 4 is 17.5 Å². The fourth-order valence-corrected chi connectivity index (χ4v) is 2.09. The SMILES string of the molecule is Cc1ccccc1C(=O)NCc1ccccc1NC(=O)C(F)(F)F. The second-order valence-electron chi connectivity index (χ2n) is 5.11. The Hall–Kier alpha value is -2.83. The van der Waals surface area contributed by atoms with Crippen LogP contribution >= 0.6 is 0 Å². The third kappa shape index (κ3) is 4.34. The summed E-state index contributed by atoms with van der Waals surface area (Å²) in [4.78, 5) is 23.2. The van der Waals surface area contributed by atoms with Gasteiger partial charge in [-0.1, -0.05) is 36.4 Å². The molecule has 126 valence electrons. The van der Waals surface area contributed by atoms with Crippen LogP contribution in [-0.2, 0) is 11.3 Å². The van der Waals surface area contributed by atoms with Gasteiger partial charge in [-0.2, -0.15) is 13.2 Å². The van der Waals surface area contributed by atoms with Crippen molar-refractivity contribution < 1.29 is 22.8 Å². The molecule has 2 aromatic rings. The molecule has 2 aromatic carbocycles. The van der Waals surface area contributed by atoms with Crippen molar-refractivity contribution in [1.82, 2.24) is 5.32 Å². The Morgan fingerprint density at radius 2 is 1.62 bits per heavy atom. The molecule has 0 aliphatic heterocycles. The minimum atomic E-state index is -4.97. The van der Waals surface area contributed by atoms with Gasteiger partial charge in [0.15, 0.2) is 0 Å². The molecule has 0 aromatic heterocycles. The van der Waals surface area contributed by atoms with E-state index >= 15 is 0 Å². The van der Waals surface area contributed by atoms with Gasteiger partial charge in [0.05, 0.1) is 0 Å². The van der Waals surface area contributed by atoms with Gasteiger partial charge in [-0.3, -0.25) is 9.59 Å². The zero-order valence-electron chi connectivity index (χ0n) is 12.8. The van der Waals surface area contributed by atoms with Crippen LogP contribution in [0.1, 0.15) is 21.5 Å². The van der Waals surface area contributed by atoms with E-state index in [9.17, 15) is 22.8 Å². The molecule has 7 heteroatoms. The van der Waals surface area contributed by atoms with Crippen LogP contribution in [0.5, 0.6) is 0 Å². The number of hydrogen-bond acceptors (Lipinski definition) is 2. The second-order valence-corrected chi connectivity index (χ2v) is 5.11. The molecule has 0 heterocycles. The fourth-order valence-electron chi connectivity index (χ4n) is 2.09. The van der Waals surface area contributed by atoms with Crippen LogP contribution in [0.2, 0.25) is 0 Å². The Balaban J connectivity index is 2.10. The largest absolute Gasteiger partial charge is 0.471 e. The van der Waals surface area contributed by atoms with E-state index in [0.717, 1.165) is 5.56 Å². The highest BCUT2D eigenvalue weighted by Crippen LogP contribution is 2.21. The minimum Gasteiger partial charge on any atom is -0.348 e. The molecule has 2 rings (SSSR count). The van der Waals surface area contributed by atoms with E-state index in [0.29, 0.717) is 11.1 Å². The maximum absolute atomic E-state index is 12.4. The molecule has 2 N–H and O–H groups in total. The van der Waals surface area contributed by atoms with Gasteiger partial charge >= 0.3 is 12.1 Å². The van der Waals surface area contributed by atoms with Crippen molar-refractivity contribution in [3.8, 4) is 0 Å². The van der Waals surface area contributed by atoms with E-state index in [1.54, 1.807) is 37.3 Å². The van der Waals surface area contributed by atoms with Gasteiger partial charge in [0.2, 0.25) is 0 Å². The van der Waals surface area contributed by atoms with Crippen LogP contribution in [0.25, 0.3) is 0 Å². The number of nitrogens with one attached hydrogen (secondary N) is 2. The highest BCUT2D eigenvalue weighted by molar-refractivity contribution is 5.96. The first-order chi connectivity index (χ1) is 11.3. The van der Waals surface area contributed by atoms with Gasteiger partial charge < -0.3 is 10.6 Å². The lowest BCUT2D eigenvalue weighted by Crippen LogP contribution is -2.31. The third-order valence-electron chi connectivity index (χ3n) is 3.35. The topological polar surface area (TPSA) is 58.2 Å². The summed E-state index contributed by atoms with van der Waals surface area (Å²) in [5.41, 5.74) is 1.64. The van der Waals surface area contributed by atoms with Crippen LogP contribution in [0, 0.1) is 6.92 Å². The van der Waals surface area contributed by atoms with Gasteiger partial charge in [0, 0.05) is 17.8 Å². The summed E-state index contributed by atoms with van der Waals surface area (Å²) in [5, 5.41) is 4.45. The molecule has 0 bridgehead atoms. The van der Waals surface area contributed by atoms with Crippen molar-refractivity contribution in [1.29, 1.82) is 0 Å². The monoisotopic (exact) mass is 336 g/mol. The highest BCUT2D eigenvalue weighted by Gasteiger charge is 2.38. The lowest BCUT2D eigenvalue weighted by atomic mass is 10.1. The number of carbonyl (C=O) groups excluding carboxylic acids is 2. The molecule has 0 aliphatic rings. The van der Waals surface area contributed by atoms with Crippen LogP contribution in [0.3, 0.4) is 0 Å². The summed E-state index contributed by atoms with van der Waals surface area (Å²) in [7, 11) is 0. The maximum Gasteiger partial charge on any atom is 0.471 e. The molecule has 24 heavy (non-hydrogen) atoms. The fraction of sp³-hybridized carbons (Fsp3) is 0.176. The van der Waals surface area contributed by atoms with Crippen molar-refractivity contribution in [2.75, 3.05) is 5.32 Å². The summed E-state index contributed by atoms with van der Waals surface area (Å²) < 4.78 is 37.1. The first kappa shape index (κ1) is 17.5. The molecule has 4 nitrogen and oxygen atoms in total. The average molecular weight is 336 g/mol. The van der Waals surface area contributed by atoms with Gasteiger partial charge in [-0.05, 0) is 30.2 Å². The molecular formula is C17H15F3N2O2. The summed E-state index contributed by atoms with van der Waals surface area (Å²) in [6.45, 7) is 1.77. The summed E-state index contributed by atoms with van der Waals surface area (Å²) in [6, 6.07) is 12.9. The Kier molecular flexibility index (Phi) is 5.23. The van der Waals surface area contributed by atoms with Crippen LogP contribution in [0.15, 0.2) is 48.5 Å². The van der Waals surface area contributed by atoms with Crippen molar-refractivity contribution in [3.05, 3.63) is 65.2 Å². The molecule has 0 spiro atoms. The van der Waals surface area contributed by atoms with E-state index in [2.05, 4.69) is 5.32 Å². The smallest absolute Gasteiger partial charge is 0.348 e. The summed E-state index contributed by atoms with van der Waals surface area (Å²) in [5.74, 6) is -2.40. The standard InChI is InChI=1S/C17H15F3N2O2/c1-11-6-2-4-8-13(11)15(23)21-10-12-7-3-5-9-14(12)22-16(24)17(18,19)20/h2-9H,10H2,1H3,(H,21,23)(H,22,24). The number of alkyl halides is 3. The van der Waals surface area contributed by atoms with Gasteiger partial charge in [0.1, 0.15) is 0 Å². The van der Waals surface area contributed by atoms with Crippen LogP contribution < -0.4 is 10.6 Å². The number of amides is 2. The Morgan fingerprint density at radius 3 is 2.29 bits per heavy atom. The van der Waals surface area contributed by atoms with Crippen molar-refractivity contribution in [2.45, 2.75) is 19.6 Å². The molecule has 0 fully saturated rings. The molecule has 0 aliphatic carbocycles. The maximum atomic E-state index is 12.4. The lowest BCUT2D eigenvalue weighted by molar-refractivity contribution is -0.167. The molecule has 0 radical (unpaired) electrons. The Labute approximate surface area is 136 Å². The number of aryl methyl sites for hydroxylation is 1. The number of rotatable bonds is 4. The van der Waals surface area contributed by atoms with Crippen LogP contribution in [-0.4, -0.2) is 18.0 Å². The van der Waals surface area contributed by atoms with Crippen molar-refractivity contribution in [2.24, 2.45) is 0 Å². The van der Waals surface area contributed by atoms with E-state index in [1.807, 2.05) is 5.32 Å². The lowest BCUT2D eigenvalue weighted by Gasteiger charge is -2.13. The highest BCUT2D eigenvalue weighted by atomic mass is 19.4. The second kappa shape index (κ2) is 7.16. The summed E-state index contributed by atoms with van der Waals surface area (Å²) >= 11 is 0. The number of anilines is 1. The predicted octanol–water partition coefficient (Wildman–Crippen LogP) is 3.43. The van der Waals surface area contributed by atoms with Gasteiger partial charge in [-0.25, -0.2) is 0 Å². The molecule has 0 saturated heterocycles.